The van der Waals surface area contributed by atoms with E-state index in [0.717, 1.165) is 47.5 Å². The van der Waals surface area contributed by atoms with Crippen LogP contribution in [0.2, 0.25) is 0 Å². The molecule has 2 aliphatic rings. The standard InChI is InChI=1S/C24H35N3O5S/c1-16(27(18-7-8-18)22(28)19-15-25-12-13-32-19)21-14-17(6-5-11-26-23(29)31-4)20(33-21)9-10-24(2,3)30/h14,16,18-19,25,30H,5-8,11-13,15H2,1-4H3,(H,26,29)/t16-,19-/m1/s1. The van der Waals surface area contributed by atoms with Crippen LogP contribution in [0.1, 0.15) is 61.4 Å². The van der Waals surface area contributed by atoms with Crippen LogP contribution in [0.15, 0.2) is 6.07 Å². The minimum Gasteiger partial charge on any atom is -0.453 e. The molecule has 9 heteroatoms. The fraction of sp³-hybridized carbons (Fsp3) is 0.667. The summed E-state index contributed by atoms with van der Waals surface area (Å²) in [6, 6.07) is 2.27. The van der Waals surface area contributed by atoms with E-state index in [1.54, 1.807) is 25.2 Å². The van der Waals surface area contributed by atoms with Gasteiger partial charge in [-0.15, -0.1) is 11.3 Å². The van der Waals surface area contributed by atoms with Gasteiger partial charge in [0.2, 0.25) is 0 Å². The number of nitrogens with zero attached hydrogens (tertiary/aromatic N) is 1. The van der Waals surface area contributed by atoms with E-state index in [1.807, 2.05) is 4.90 Å². The van der Waals surface area contributed by atoms with E-state index in [1.165, 1.54) is 7.11 Å². The van der Waals surface area contributed by atoms with Crippen molar-refractivity contribution in [3.05, 3.63) is 21.4 Å². The third kappa shape index (κ3) is 7.44. The lowest BCUT2D eigenvalue weighted by Crippen LogP contribution is -2.50. The molecule has 1 aromatic rings. The van der Waals surface area contributed by atoms with Crippen molar-refractivity contribution >= 4 is 23.3 Å². The molecule has 33 heavy (non-hydrogen) atoms. The molecule has 2 heterocycles. The van der Waals surface area contributed by atoms with Crippen LogP contribution in [0, 0.1) is 11.8 Å². The number of aryl methyl sites for hydroxylation is 1. The first-order valence-electron chi connectivity index (χ1n) is 11.5. The Hall–Kier alpha value is -2.12. The fourth-order valence-corrected chi connectivity index (χ4v) is 4.88. The van der Waals surface area contributed by atoms with Gasteiger partial charge in [0.15, 0.2) is 0 Å². The third-order valence-electron chi connectivity index (χ3n) is 5.61. The molecule has 3 rings (SSSR count). The molecule has 1 saturated heterocycles. The Morgan fingerprint density at radius 2 is 2.21 bits per heavy atom. The second-order valence-corrected chi connectivity index (χ2v) is 10.1. The van der Waals surface area contributed by atoms with Crippen molar-refractivity contribution in [3.63, 3.8) is 0 Å². The van der Waals surface area contributed by atoms with Gasteiger partial charge in [-0.1, -0.05) is 11.8 Å². The molecular weight excluding hydrogens is 442 g/mol. The number of ether oxygens (including phenoxy) is 2. The molecule has 1 saturated carbocycles. The highest BCUT2D eigenvalue weighted by atomic mass is 32.1. The quantitative estimate of drug-likeness (QED) is 0.392. The highest BCUT2D eigenvalue weighted by Gasteiger charge is 2.40. The van der Waals surface area contributed by atoms with Gasteiger partial charge < -0.3 is 30.1 Å². The lowest BCUT2D eigenvalue weighted by Gasteiger charge is -2.33. The topological polar surface area (TPSA) is 100 Å². The first-order valence-corrected chi connectivity index (χ1v) is 12.4. The van der Waals surface area contributed by atoms with Crippen LogP contribution >= 0.6 is 11.3 Å². The summed E-state index contributed by atoms with van der Waals surface area (Å²) in [5, 5.41) is 16.0. The van der Waals surface area contributed by atoms with Crippen molar-refractivity contribution in [2.75, 3.05) is 33.4 Å². The van der Waals surface area contributed by atoms with Crippen LogP contribution in [0.4, 0.5) is 4.79 Å². The molecule has 2 amide bonds. The average Bonchev–Trinajstić information content (AvgIpc) is 3.54. The summed E-state index contributed by atoms with van der Waals surface area (Å²) in [6.07, 6.45) is 2.58. The van der Waals surface area contributed by atoms with Gasteiger partial charge in [-0.2, -0.15) is 0 Å². The molecule has 2 fully saturated rings. The molecule has 1 aliphatic heterocycles. The van der Waals surface area contributed by atoms with Gasteiger partial charge in [-0.25, -0.2) is 4.79 Å². The maximum atomic E-state index is 13.3. The number of rotatable bonds is 8. The predicted molar refractivity (Wildman–Crippen MR) is 127 cm³/mol. The molecule has 8 nitrogen and oxygen atoms in total. The van der Waals surface area contributed by atoms with Gasteiger partial charge in [0.05, 0.1) is 24.6 Å². The van der Waals surface area contributed by atoms with Crippen molar-refractivity contribution in [1.82, 2.24) is 15.5 Å². The minimum atomic E-state index is -1.10. The Balaban J connectivity index is 1.79. The number of alkyl carbamates (subject to hydrolysis) is 1. The Kier molecular flexibility index (Phi) is 8.76. The average molecular weight is 478 g/mol. The number of hydrogen-bond donors (Lipinski definition) is 3. The van der Waals surface area contributed by atoms with Crippen molar-refractivity contribution in [2.24, 2.45) is 0 Å². The molecular formula is C24H35N3O5S. The van der Waals surface area contributed by atoms with E-state index in [4.69, 9.17) is 4.74 Å². The number of hydrogen-bond acceptors (Lipinski definition) is 7. The maximum absolute atomic E-state index is 13.3. The van der Waals surface area contributed by atoms with E-state index in [9.17, 15) is 14.7 Å². The fourth-order valence-electron chi connectivity index (χ4n) is 3.77. The van der Waals surface area contributed by atoms with Crippen LogP contribution in [-0.2, 0) is 20.7 Å². The Labute approximate surface area is 200 Å². The van der Waals surface area contributed by atoms with Gasteiger partial charge >= 0.3 is 6.09 Å². The molecule has 1 aromatic heterocycles. The van der Waals surface area contributed by atoms with E-state index < -0.39 is 17.8 Å². The molecule has 0 bridgehead atoms. The molecule has 2 atom stereocenters. The van der Waals surface area contributed by atoms with Crippen LogP contribution in [0.25, 0.3) is 0 Å². The number of carbonyl (C=O) groups is 2. The second-order valence-electron chi connectivity index (χ2n) is 9.05. The van der Waals surface area contributed by atoms with Gasteiger partial charge in [0.1, 0.15) is 11.7 Å². The molecule has 0 aromatic carbocycles. The summed E-state index contributed by atoms with van der Waals surface area (Å²) in [5.41, 5.74) is -0.0371. The number of amides is 2. The lowest BCUT2D eigenvalue weighted by molar-refractivity contribution is -0.148. The number of aliphatic hydroxyl groups is 1. The summed E-state index contributed by atoms with van der Waals surface area (Å²) in [4.78, 5) is 28.5. The normalized spacial score (nSPS) is 19.2. The summed E-state index contributed by atoms with van der Waals surface area (Å²) in [7, 11) is 1.34. The largest absolute Gasteiger partial charge is 0.453 e. The predicted octanol–water partition coefficient (Wildman–Crippen LogP) is 2.20. The number of methoxy groups -OCH3 is 1. The Bertz CT molecular complexity index is 888. The highest BCUT2D eigenvalue weighted by molar-refractivity contribution is 7.12. The third-order valence-corrected chi connectivity index (χ3v) is 6.88. The Morgan fingerprint density at radius 1 is 1.45 bits per heavy atom. The van der Waals surface area contributed by atoms with Gasteiger partial charge in [-0.05, 0) is 58.1 Å². The maximum Gasteiger partial charge on any atom is 0.406 e. The monoisotopic (exact) mass is 477 g/mol. The molecule has 1 aliphatic carbocycles. The van der Waals surface area contributed by atoms with Gasteiger partial charge in [0.25, 0.3) is 5.91 Å². The lowest BCUT2D eigenvalue weighted by atomic mass is 10.1. The van der Waals surface area contributed by atoms with E-state index in [-0.39, 0.29) is 18.0 Å². The van der Waals surface area contributed by atoms with Gasteiger partial charge in [-0.3, -0.25) is 4.79 Å². The molecule has 0 unspecified atom stereocenters. The first-order chi connectivity index (χ1) is 15.7. The summed E-state index contributed by atoms with van der Waals surface area (Å²) in [6.45, 7) is 7.72. The minimum absolute atomic E-state index is 0.0403. The van der Waals surface area contributed by atoms with Crippen LogP contribution < -0.4 is 10.6 Å². The number of thiophene rings is 1. The number of nitrogens with one attached hydrogen (secondary N) is 2. The van der Waals surface area contributed by atoms with Gasteiger partial charge in [0, 0.05) is 30.6 Å². The molecule has 182 valence electrons. The van der Waals surface area contributed by atoms with Crippen molar-refractivity contribution in [2.45, 2.75) is 70.2 Å². The van der Waals surface area contributed by atoms with Crippen molar-refractivity contribution in [3.8, 4) is 11.8 Å². The zero-order valence-corrected chi connectivity index (χ0v) is 20.7. The van der Waals surface area contributed by atoms with Crippen molar-refractivity contribution < 1.29 is 24.2 Å². The smallest absolute Gasteiger partial charge is 0.406 e. The molecule has 0 spiro atoms. The molecule has 0 radical (unpaired) electrons. The highest BCUT2D eigenvalue weighted by Crippen LogP contribution is 2.38. The van der Waals surface area contributed by atoms with E-state index in [2.05, 4.69) is 40.2 Å². The van der Waals surface area contributed by atoms with E-state index in [0.29, 0.717) is 19.7 Å². The van der Waals surface area contributed by atoms with Crippen molar-refractivity contribution in [1.29, 1.82) is 0 Å². The zero-order chi connectivity index (χ0) is 24.0. The summed E-state index contributed by atoms with van der Waals surface area (Å²) in [5.74, 6) is 6.08. The molecule has 3 N–H and O–H groups in total. The summed E-state index contributed by atoms with van der Waals surface area (Å²) >= 11 is 1.57. The van der Waals surface area contributed by atoms with Crippen LogP contribution in [0.3, 0.4) is 0 Å². The number of carbonyl (C=O) groups excluding carboxylic acids is 2. The second kappa shape index (κ2) is 11.3. The number of morpholine rings is 1. The van der Waals surface area contributed by atoms with Crippen LogP contribution in [0.5, 0.6) is 0 Å². The Morgan fingerprint density at radius 3 is 2.82 bits per heavy atom. The zero-order valence-electron chi connectivity index (χ0n) is 19.9. The summed E-state index contributed by atoms with van der Waals surface area (Å²) < 4.78 is 10.4. The van der Waals surface area contributed by atoms with Crippen LogP contribution in [-0.4, -0.2) is 73.1 Å². The first kappa shape index (κ1) is 25.5. The SMILES string of the molecule is COC(=O)NCCCc1cc([C@@H](C)N(C(=O)[C@H]2CNCCO2)C2CC2)sc1C#CC(C)(C)O. The van der Waals surface area contributed by atoms with E-state index >= 15 is 0 Å².